The van der Waals surface area contributed by atoms with Crippen LogP contribution in [0.3, 0.4) is 0 Å². The quantitative estimate of drug-likeness (QED) is 0.828. The van der Waals surface area contributed by atoms with Crippen LogP contribution >= 0.6 is 0 Å². The third kappa shape index (κ3) is 3.26. The Bertz CT molecular complexity index is 549. The second kappa shape index (κ2) is 5.76. The average Bonchev–Trinajstić information content (AvgIpc) is 2.41. The minimum absolute atomic E-state index is 0.230. The van der Waals surface area contributed by atoms with Gasteiger partial charge in [0.25, 0.3) is 0 Å². The first kappa shape index (κ1) is 13.4. The van der Waals surface area contributed by atoms with Crippen molar-refractivity contribution in [1.29, 1.82) is 0 Å². The van der Waals surface area contributed by atoms with E-state index in [1.54, 1.807) is 12.1 Å². The van der Waals surface area contributed by atoms with Gasteiger partial charge >= 0.3 is 0 Å². The third-order valence-electron chi connectivity index (χ3n) is 3.27. The number of ether oxygens (including phenoxy) is 1. The summed E-state index contributed by atoms with van der Waals surface area (Å²) in [7, 11) is 0. The van der Waals surface area contributed by atoms with Crippen LogP contribution in [0.15, 0.2) is 42.5 Å². The van der Waals surface area contributed by atoms with E-state index >= 15 is 0 Å². The van der Waals surface area contributed by atoms with Gasteiger partial charge in [-0.3, -0.25) is 0 Å². The molecule has 3 heteroatoms. The molecule has 1 atom stereocenters. The number of anilines is 1. The molecule has 0 amide bonds. The lowest BCUT2D eigenvalue weighted by Gasteiger charge is -2.15. The normalized spacial score (nSPS) is 12.2. The average molecular weight is 257 g/mol. The fourth-order valence-electron chi connectivity index (χ4n) is 1.86. The van der Waals surface area contributed by atoms with Gasteiger partial charge in [-0.25, -0.2) is 0 Å². The number of hydrogen-bond donors (Lipinski definition) is 2. The van der Waals surface area contributed by atoms with Crippen molar-refractivity contribution in [3.05, 3.63) is 59.2 Å². The minimum atomic E-state index is -0.652. The Labute approximate surface area is 113 Å². The maximum atomic E-state index is 10.1. The zero-order chi connectivity index (χ0) is 13.8. The fraction of sp³-hybridized carbons (Fsp3) is 0.250. The first-order valence-corrected chi connectivity index (χ1v) is 6.30. The van der Waals surface area contributed by atoms with Crippen molar-refractivity contribution < 1.29 is 9.84 Å². The van der Waals surface area contributed by atoms with E-state index in [0.717, 1.165) is 16.9 Å². The maximum absolute atomic E-state index is 10.1. The van der Waals surface area contributed by atoms with E-state index < -0.39 is 6.10 Å². The molecule has 0 aliphatic rings. The molecule has 0 saturated carbocycles. The summed E-state index contributed by atoms with van der Waals surface area (Å²) in [5.74, 6) is 0.814. The molecule has 0 spiro atoms. The molecule has 3 N–H and O–H groups in total. The Balaban J connectivity index is 2.02. The fourth-order valence-corrected chi connectivity index (χ4v) is 1.86. The van der Waals surface area contributed by atoms with E-state index in [-0.39, 0.29) is 6.61 Å². The number of benzene rings is 2. The van der Waals surface area contributed by atoms with Crippen LogP contribution in [-0.2, 0) is 0 Å². The van der Waals surface area contributed by atoms with E-state index in [2.05, 4.69) is 0 Å². The van der Waals surface area contributed by atoms with Gasteiger partial charge < -0.3 is 15.6 Å². The van der Waals surface area contributed by atoms with Gasteiger partial charge in [-0.2, -0.15) is 0 Å². The smallest absolute Gasteiger partial charge is 0.122 e. The summed E-state index contributed by atoms with van der Waals surface area (Å²) in [6, 6.07) is 13.1. The molecule has 0 aromatic heterocycles. The van der Waals surface area contributed by atoms with Gasteiger partial charge in [0, 0.05) is 5.69 Å². The van der Waals surface area contributed by atoms with Crippen LogP contribution < -0.4 is 10.5 Å². The molecule has 0 fully saturated rings. The largest absolute Gasteiger partial charge is 0.490 e. The van der Waals surface area contributed by atoms with Crippen LogP contribution in [0.4, 0.5) is 5.69 Å². The van der Waals surface area contributed by atoms with Crippen LogP contribution in [0.5, 0.6) is 5.75 Å². The first-order chi connectivity index (χ1) is 9.08. The zero-order valence-electron chi connectivity index (χ0n) is 11.3. The topological polar surface area (TPSA) is 55.5 Å². The summed E-state index contributed by atoms with van der Waals surface area (Å²) < 4.78 is 5.68. The van der Waals surface area contributed by atoms with Crippen molar-refractivity contribution in [2.45, 2.75) is 20.0 Å². The highest BCUT2D eigenvalue weighted by Crippen LogP contribution is 2.22. The monoisotopic (exact) mass is 257 g/mol. The van der Waals surface area contributed by atoms with Gasteiger partial charge in [0.15, 0.2) is 0 Å². The van der Waals surface area contributed by atoms with Crippen molar-refractivity contribution in [3.63, 3.8) is 0 Å². The molecule has 19 heavy (non-hydrogen) atoms. The van der Waals surface area contributed by atoms with Gasteiger partial charge in [0.05, 0.1) is 0 Å². The van der Waals surface area contributed by atoms with Gasteiger partial charge in [-0.1, -0.05) is 24.3 Å². The second-order valence-corrected chi connectivity index (χ2v) is 4.69. The molecule has 2 rings (SSSR count). The summed E-state index contributed by atoms with van der Waals surface area (Å²) in [4.78, 5) is 0. The highest BCUT2D eigenvalue weighted by atomic mass is 16.5. The lowest BCUT2D eigenvalue weighted by molar-refractivity contribution is 0.108. The van der Waals surface area contributed by atoms with Crippen LogP contribution in [0.1, 0.15) is 22.8 Å². The van der Waals surface area contributed by atoms with E-state index in [1.165, 1.54) is 5.56 Å². The standard InChI is InChI=1S/C16H19NO2/c1-11-4-3-5-16(12(11)2)19-10-15(18)13-6-8-14(17)9-7-13/h3-9,15,18H,10,17H2,1-2H3. The molecule has 0 radical (unpaired) electrons. The predicted octanol–water partition coefficient (Wildman–Crippen LogP) is 3.00. The number of aliphatic hydroxyl groups is 1. The van der Waals surface area contributed by atoms with E-state index in [1.807, 2.05) is 44.2 Å². The summed E-state index contributed by atoms with van der Waals surface area (Å²) in [5.41, 5.74) is 9.39. The number of aliphatic hydroxyl groups excluding tert-OH is 1. The molecule has 0 heterocycles. The van der Waals surface area contributed by atoms with E-state index in [9.17, 15) is 5.11 Å². The Hall–Kier alpha value is -2.00. The predicted molar refractivity (Wildman–Crippen MR) is 77.2 cm³/mol. The Kier molecular flexibility index (Phi) is 4.07. The molecule has 1 unspecified atom stereocenters. The summed E-state index contributed by atoms with van der Waals surface area (Å²) >= 11 is 0. The zero-order valence-corrected chi connectivity index (χ0v) is 11.3. The molecule has 2 aromatic rings. The van der Waals surface area contributed by atoms with Crippen molar-refractivity contribution in [3.8, 4) is 5.75 Å². The first-order valence-electron chi connectivity index (χ1n) is 6.30. The molecule has 100 valence electrons. The summed E-state index contributed by atoms with van der Waals surface area (Å²) in [6.07, 6.45) is -0.652. The Morgan fingerprint density at radius 1 is 1.11 bits per heavy atom. The molecule has 2 aromatic carbocycles. The van der Waals surface area contributed by atoms with Crippen LogP contribution in [0, 0.1) is 13.8 Å². The van der Waals surface area contributed by atoms with Gasteiger partial charge in [0.1, 0.15) is 18.5 Å². The van der Waals surface area contributed by atoms with Crippen molar-refractivity contribution in [2.75, 3.05) is 12.3 Å². The molecule has 0 aliphatic heterocycles. The maximum Gasteiger partial charge on any atom is 0.122 e. The highest BCUT2D eigenvalue weighted by molar-refractivity contribution is 5.40. The van der Waals surface area contributed by atoms with Crippen molar-refractivity contribution in [1.82, 2.24) is 0 Å². The van der Waals surface area contributed by atoms with E-state index in [0.29, 0.717) is 5.69 Å². The highest BCUT2D eigenvalue weighted by Gasteiger charge is 2.09. The minimum Gasteiger partial charge on any atom is -0.490 e. The molecular formula is C16H19NO2. The lowest BCUT2D eigenvalue weighted by Crippen LogP contribution is -2.10. The van der Waals surface area contributed by atoms with Gasteiger partial charge in [-0.15, -0.1) is 0 Å². The molecule has 3 nitrogen and oxygen atoms in total. The van der Waals surface area contributed by atoms with Crippen LogP contribution in [-0.4, -0.2) is 11.7 Å². The summed E-state index contributed by atoms with van der Waals surface area (Å²) in [6.45, 7) is 4.28. The van der Waals surface area contributed by atoms with Crippen LogP contribution in [0.25, 0.3) is 0 Å². The second-order valence-electron chi connectivity index (χ2n) is 4.69. The van der Waals surface area contributed by atoms with E-state index in [4.69, 9.17) is 10.5 Å². The third-order valence-corrected chi connectivity index (χ3v) is 3.27. The molecule has 0 aliphatic carbocycles. The lowest BCUT2D eigenvalue weighted by atomic mass is 10.1. The Morgan fingerprint density at radius 2 is 1.79 bits per heavy atom. The summed E-state index contributed by atoms with van der Waals surface area (Å²) in [5, 5.41) is 10.1. The number of rotatable bonds is 4. The number of nitrogen functional groups attached to an aromatic ring is 1. The Morgan fingerprint density at radius 3 is 2.47 bits per heavy atom. The number of hydrogen-bond acceptors (Lipinski definition) is 3. The van der Waals surface area contributed by atoms with Crippen molar-refractivity contribution >= 4 is 5.69 Å². The van der Waals surface area contributed by atoms with Gasteiger partial charge in [-0.05, 0) is 48.7 Å². The molecular weight excluding hydrogens is 238 g/mol. The van der Waals surface area contributed by atoms with Crippen molar-refractivity contribution in [2.24, 2.45) is 0 Å². The molecule has 0 bridgehead atoms. The number of nitrogens with two attached hydrogens (primary N) is 1. The number of aryl methyl sites for hydroxylation is 1. The molecule has 0 saturated heterocycles. The van der Waals surface area contributed by atoms with Crippen LogP contribution in [0.2, 0.25) is 0 Å². The van der Waals surface area contributed by atoms with Gasteiger partial charge in [0.2, 0.25) is 0 Å². The SMILES string of the molecule is Cc1cccc(OCC(O)c2ccc(N)cc2)c1C.